The van der Waals surface area contributed by atoms with Gasteiger partial charge in [0.2, 0.25) is 5.91 Å². The average molecular weight is 286 g/mol. The Bertz CT molecular complexity index is 510. The second kappa shape index (κ2) is 6.18. The van der Waals surface area contributed by atoms with Crippen LogP contribution in [-0.2, 0) is 4.79 Å². The van der Waals surface area contributed by atoms with Gasteiger partial charge in [0.15, 0.2) is 0 Å². The van der Waals surface area contributed by atoms with Crippen LogP contribution in [0.15, 0.2) is 24.3 Å². The lowest BCUT2D eigenvalue weighted by molar-refractivity contribution is -0.122. The Hall–Kier alpha value is -1.35. The number of carbonyl (C=O) groups excluding carboxylic acids is 1. The summed E-state index contributed by atoms with van der Waals surface area (Å²) in [7, 11) is 0. The Morgan fingerprint density at radius 1 is 1.33 bits per heavy atom. The Morgan fingerprint density at radius 2 is 2.10 bits per heavy atom. The van der Waals surface area contributed by atoms with E-state index in [2.05, 4.69) is 37.4 Å². The van der Waals surface area contributed by atoms with Crippen molar-refractivity contribution in [3.05, 3.63) is 29.8 Å². The number of hydrogen-bond acceptors (Lipinski definition) is 2. The van der Waals surface area contributed by atoms with E-state index < -0.39 is 0 Å². The molecule has 1 aliphatic carbocycles. The van der Waals surface area contributed by atoms with E-state index in [1.54, 1.807) is 0 Å². The molecular weight excluding hydrogens is 260 g/mol. The lowest BCUT2D eigenvalue weighted by Crippen LogP contribution is -2.42. The van der Waals surface area contributed by atoms with Crippen molar-refractivity contribution in [1.82, 2.24) is 5.32 Å². The van der Waals surface area contributed by atoms with Gasteiger partial charge in [-0.2, -0.15) is 0 Å². The normalized spacial score (nSPS) is 22.8. The summed E-state index contributed by atoms with van der Waals surface area (Å²) >= 11 is 0. The molecule has 2 unspecified atom stereocenters. The van der Waals surface area contributed by atoms with Crippen LogP contribution < -0.4 is 10.2 Å². The summed E-state index contributed by atoms with van der Waals surface area (Å²) in [6.45, 7) is 6.17. The third-order valence-electron chi connectivity index (χ3n) is 4.87. The fourth-order valence-corrected chi connectivity index (χ4v) is 3.37. The first-order valence-electron chi connectivity index (χ1n) is 8.36. The molecule has 21 heavy (non-hydrogen) atoms. The third kappa shape index (κ3) is 2.98. The molecule has 3 rings (SSSR count). The monoisotopic (exact) mass is 286 g/mol. The van der Waals surface area contributed by atoms with E-state index >= 15 is 0 Å². The molecule has 1 heterocycles. The van der Waals surface area contributed by atoms with Crippen LogP contribution in [0.3, 0.4) is 0 Å². The van der Waals surface area contributed by atoms with Gasteiger partial charge in [-0.15, -0.1) is 0 Å². The number of carbonyl (C=O) groups is 1. The van der Waals surface area contributed by atoms with Crippen LogP contribution in [0.25, 0.3) is 0 Å². The summed E-state index contributed by atoms with van der Waals surface area (Å²) in [5.41, 5.74) is 2.41. The predicted molar refractivity (Wildman–Crippen MR) is 86.3 cm³/mol. The molecule has 114 valence electrons. The highest BCUT2D eigenvalue weighted by molar-refractivity contribution is 5.96. The zero-order valence-electron chi connectivity index (χ0n) is 13.1. The minimum Gasteiger partial charge on any atom is -0.312 e. The fourth-order valence-electron chi connectivity index (χ4n) is 3.37. The number of nitrogens with one attached hydrogen (secondary N) is 1. The molecule has 2 atom stereocenters. The van der Waals surface area contributed by atoms with Crippen molar-refractivity contribution in [3.63, 3.8) is 0 Å². The standard InChI is InChI=1S/C18H26N2O/c1-3-11-19-16-10-12-20(17-7-5-4-6-15(16)17)18(21)13(2)14-8-9-14/h4-7,13-14,16,19H,3,8-12H2,1-2H3. The maximum atomic E-state index is 12.8. The Morgan fingerprint density at radius 3 is 2.81 bits per heavy atom. The molecule has 1 aliphatic heterocycles. The van der Waals surface area contributed by atoms with Gasteiger partial charge in [-0.25, -0.2) is 0 Å². The average Bonchev–Trinajstić information content (AvgIpc) is 3.36. The largest absolute Gasteiger partial charge is 0.312 e. The molecule has 0 aromatic heterocycles. The van der Waals surface area contributed by atoms with Gasteiger partial charge in [0.05, 0.1) is 0 Å². The highest BCUT2D eigenvalue weighted by Crippen LogP contribution is 2.40. The van der Waals surface area contributed by atoms with Crippen LogP contribution in [0.4, 0.5) is 5.69 Å². The maximum Gasteiger partial charge on any atom is 0.230 e. The van der Waals surface area contributed by atoms with E-state index in [1.807, 2.05) is 11.0 Å². The van der Waals surface area contributed by atoms with E-state index in [0.717, 1.165) is 31.6 Å². The molecule has 1 saturated carbocycles. The first-order valence-corrected chi connectivity index (χ1v) is 8.36. The fraction of sp³-hybridized carbons (Fsp3) is 0.611. The smallest absolute Gasteiger partial charge is 0.230 e. The van der Waals surface area contributed by atoms with Gasteiger partial charge in [0.25, 0.3) is 0 Å². The van der Waals surface area contributed by atoms with Gasteiger partial charge < -0.3 is 10.2 Å². The zero-order valence-corrected chi connectivity index (χ0v) is 13.1. The number of rotatable bonds is 5. The first-order chi connectivity index (χ1) is 10.2. The van der Waals surface area contributed by atoms with Crippen LogP contribution in [-0.4, -0.2) is 19.0 Å². The van der Waals surface area contributed by atoms with E-state index in [9.17, 15) is 4.79 Å². The summed E-state index contributed by atoms with van der Waals surface area (Å²) in [6.07, 6.45) is 4.60. The van der Waals surface area contributed by atoms with Crippen LogP contribution >= 0.6 is 0 Å². The minimum atomic E-state index is 0.179. The van der Waals surface area contributed by atoms with Crippen molar-refractivity contribution in [3.8, 4) is 0 Å². The topological polar surface area (TPSA) is 32.3 Å². The Balaban J connectivity index is 1.81. The predicted octanol–water partition coefficient (Wildman–Crippen LogP) is 3.51. The molecule has 3 nitrogen and oxygen atoms in total. The van der Waals surface area contributed by atoms with Gasteiger partial charge >= 0.3 is 0 Å². The number of fused-ring (bicyclic) bond motifs is 1. The van der Waals surface area contributed by atoms with Crippen LogP contribution in [0.2, 0.25) is 0 Å². The molecule has 0 spiro atoms. The summed E-state index contributed by atoms with van der Waals surface area (Å²) in [5.74, 6) is 1.12. The van der Waals surface area contributed by atoms with Gasteiger partial charge in [-0.05, 0) is 49.8 Å². The molecule has 0 radical (unpaired) electrons. The number of anilines is 1. The maximum absolute atomic E-state index is 12.8. The van der Waals surface area contributed by atoms with Crippen LogP contribution in [0.1, 0.15) is 51.1 Å². The molecule has 2 aliphatic rings. The molecule has 0 bridgehead atoms. The summed E-state index contributed by atoms with van der Waals surface area (Å²) in [6, 6.07) is 8.79. The van der Waals surface area contributed by atoms with E-state index in [1.165, 1.54) is 18.4 Å². The molecule has 1 amide bonds. The number of para-hydroxylation sites is 1. The molecule has 3 heteroatoms. The lowest BCUT2D eigenvalue weighted by Gasteiger charge is -2.36. The second-order valence-corrected chi connectivity index (χ2v) is 6.47. The number of nitrogens with zero attached hydrogens (tertiary/aromatic N) is 1. The van der Waals surface area contributed by atoms with E-state index in [-0.39, 0.29) is 5.92 Å². The van der Waals surface area contributed by atoms with E-state index in [4.69, 9.17) is 0 Å². The van der Waals surface area contributed by atoms with Gasteiger partial charge in [-0.3, -0.25) is 4.79 Å². The SMILES string of the molecule is CCCNC1CCN(C(=O)C(C)C2CC2)c2ccccc21. The van der Waals surface area contributed by atoms with Crippen molar-refractivity contribution in [2.45, 2.75) is 45.6 Å². The molecule has 1 fully saturated rings. The number of benzene rings is 1. The highest BCUT2D eigenvalue weighted by Gasteiger charge is 2.37. The van der Waals surface area contributed by atoms with Gasteiger partial charge in [0.1, 0.15) is 0 Å². The number of amides is 1. The highest BCUT2D eigenvalue weighted by atomic mass is 16.2. The molecule has 0 saturated heterocycles. The van der Waals surface area contributed by atoms with Gasteiger partial charge in [-0.1, -0.05) is 32.0 Å². The first kappa shape index (κ1) is 14.6. The van der Waals surface area contributed by atoms with Crippen molar-refractivity contribution < 1.29 is 4.79 Å². The second-order valence-electron chi connectivity index (χ2n) is 6.47. The molecular formula is C18H26N2O. The van der Waals surface area contributed by atoms with Crippen molar-refractivity contribution in [2.24, 2.45) is 11.8 Å². The molecule has 1 aromatic carbocycles. The Kier molecular flexibility index (Phi) is 4.29. The summed E-state index contributed by atoms with van der Waals surface area (Å²) < 4.78 is 0. The van der Waals surface area contributed by atoms with Crippen LogP contribution in [0, 0.1) is 11.8 Å². The molecule has 1 N–H and O–H groups in total. The minimum absolute atomic E-state index is 0.179. The van der Waals surface area contributed by atoms with Crippen molar-refractivity contribution in [1.29, 1.82) is 0 Å². The van der Waals surface area contributed by atoms with Crippen molar-refractivity contribution >= 4 is 11.6 Å². The van der Waals surface area contributed by atoms with Crippen LogP contribution in [0.5, 0.6) is 0 Å². The summed E-state index contributed by atoms with van der Waals surface area (Å²) in [4.78, 5) is 14.8. The lowest BCUT2D eigenvalue weighted by atomic mass is 9.94. The third-order valence-corrected chi connectivity index (χ3v) is 4.87. The van der Waals surface area contributed by atoms with Crippen molar-refractivity contribution in [2.75, 3.05) is 18.0 Å². The summed E-state index contributed by atoms with van der Waals surface area (Å²) in [5, 5.41) is 3.61. The van der Waals surface area contributed by atoms with E-state index in [0.29, 0.717) is 17.9 Å². The number of hydrogen-bond donors (Lipinski definition) is 1. The van der Waals surface area contributed by atoms with Gasteiger partial charge in [0, 0.05) is 24.2 Å². The zero-order chi connectivity index (χ0) is 14.8. The quantitative estimate of drug-likeness (QED) is 0.898. The molecule has 1 aromatic rings. The Labute approximate surface area is 127 Å².